The minimum Gasteiger partial charge on any atom is -0.330 e. The molecule has 1 aromatic carbocycles. The monoisotopic (exact) mass is 234 g/mol. The Bertz CT molecular complexity index is 314. The Morgan fingerprint density at radius 1 is 1.12 bits per heavy atom. The third-order valence-corrected chi connectivity index (χ3v) is 3.10. The molecular formula is C15H26N2. The van der Waals surface area contributed by atoms with Crippen molar-refractivity contribution in [3.8, 4) is 0 Å². The fraction of sp³-hybridized carbons (Fsp3) is 0.600. The van der Waals surface area contributed by atoms with Crippen molar-refractivity contribution in [3.63, 3.8) is 0 Å². The van der Waals surface area contributed by atoms with Crippen LogP contribution < -0.4 is 11.1 Å². The molecule has 0 unspecified atom stereocenters. The van der Waals surface area contributed by atoms with Crippen LogP contribution in [-0.4, -0.2) is 12.1 Å². The number of benzene rings is 1. The topological polar surface area (TPSA) is 38.0 Å². The number of nitrogens with two attached hydrogens (primary N) is 1. The first-order chi connectivity index (χ1) is 8.07. The number of rotatable bonds is 7. The lowest BCUT2D eigenvalue weighted by Gasteiger charge is -2.25. The van der Waals surface area contributed by atoms with E-state index in [4.69, 9.17) is 5.73 Å². The van der Waals surface area contributed by atoms with E-state index in [-0.39, 0.29) is 5.54 Å². The van der Waals surface area contributed by atoms with Crippen LogP contribution in [0.25, 0.3) is 0 Å². The van der Waals surface area contributed by atoms with Gasteiger partial charge in [0.2, 0.25) is 0 Å². The lowest BCUT2D eigenvalue weighted by Crippen LogP contribution is -2.40. The summed E-state index contributed by atoms with van der Waals surface area (Å²) in [6.45, 7) is 8.26. The van der Waals surface area contributed by atoms with Crippen molar-refractivity contribution in [1.29, 1.82) is 0 Å². The Hall–Kier alpha value is -0.860. The molecule has 3 N–H and O–H groups in total. The normalized spacial score (nSPS) is 11.8. The van der Waals surface area contributed by atoms with E-state index >= 15 is 0 Å². The number of hydrogen-bond acceptors (Lipinski definition) is 2. The van der Waals surface area contributed by atoms with E-state index in [1.807, 2.05) is 0 Å². The molecule has 0 atom stereocenters. The molecule has 0 saturated carbocycles. The van der Waals surface area contributed by atoms with Gasteiger partial charge in [0.15, 0.2) is 0 Å². The first-order valence-corrected chi connectivity index (χ1v) is 6.60. The van der Waals surface area contributed by atoms with Crippen LogP contribution in [0.2, 0.25) is 0 Å². The van der Waals surface area contributed by atoms with Crippen molar-refractivity contribution in [2.24, 2.45) is 5.73 Å². The van der Waals surface area contributed by atoms with Gasteiger partial charge in [-0.3, -0.25) is 0 Å². The van der Waals surface area contributed by atoms with Crippen molar-refractivity contribution < 1.29 is 0 Å². The zero-order valence-electron chi connectivity index (χ0n) is 11.4. The summed E-state index contributed by atoms with van der Waals surface area (Å²) in [4.78, 5) is 0. The van der Waals surface area contributed by atoms with Crippen molar-refractivity contribution >= 4 is 0 Å². The summed E-state index contributed by atoms with van der Waals surface area (Å²) in [5.41, 5.74) is 8.49. The van der Waals surface area contributed by atoms with Crippen LogP contribution in [0.15, 0.2) is 24.3 Å². The van der Waals surface area contributed by atoms with E-state index in [1.165, 1.54) is 24.0 Å². The second-order valence-corrected chi connectivity index (χ2v) is 5.34. The molecule has 17 heavy (non-hydrogen) atoms. The van der Waals surface area contributed by atoms with Gasteiger partial charge in [0, 0.05) is 12.1 Å². The highest BCUT2D eigenvalue weighted by molar-refractivity contribution is 5.22. The highest BCUT2D eigenvalue weighted by Crippen LogP contribution is 2.10. The van der Waals surface area contributed by atoms with Crippen LogP contribution in [-0.2, 0) is 13.0 Å². The number of hydrogen-bond donors (Lipinski definition) is 2. The van der Waals surface area contributed by atoms with Gasteiger partial charge in [0.05, 0.1) is 0 Å². The number of nitrogens with one attached hydrogen (secondary N) is 1. The summed E-state index contributed by atoms with van der Waals surface area (Å²) in [7, 11) is 0. The Balaban J connectivity index is 2.46. The summed E-state index contributed by atoms with van der Waals surface area (Å²) in [6.07, 6.45) is 3.38. The van der Waals surface area contributed by atoms with Gasteiger partial charge < -0.3 is 11.1 Å². The van der Waals surface area contributed by atoms with Crippen molar-refractivity contribution in [2.75, 3.05) is 6.54 Å². The Morgan fingerprint density at radius 3 is 2.24 bits per heavy atom. The zero-order valence-corrected chi connectivity index (χ0v) is 11.4. The lowest BCUT2D eigenvalue weighted by molar-refractivity contribution is 0.365. The first kappa shape index (κ1) is 14.2. The van der Waals surface area contributed by atoms with Crippen molar-refractivity contribution in [2.45, 2.75) is 52.1 Å². The summed E-state index contributed by atoms with van der Waals surface area (Å²) < 4.78 is 0. The molecule has 0 amide bonds. The summed E-state index contributed by atoms with van der Waals surface area (Å²) in [5, 5.41) is 3.55. The molecule has 0 radical (unpaired) electrons. The molecule has 0 aliphatic heterocycles. The van der Waals surface area contributed by atoms with E-state index in [0.29, 0.717) is 0 Å². The second kappa shape index (κ2) is 6.77. The molecular weight excluding hydrogens is 208 g/mol. The quantitative estimate of drug-likeness (QED) is 0.761. The van der Waals surface area contributed by atoms with Gasteiger partial charge in [0.25, 0.3) is 0 Å². The molecule has 96 valence electrons. The molecule has 0 spiro atoms. The van der Waals surface area contributed by atoms with Gasteiger partial charge in [-0.15, -0.1) is 0 Å². The highest BCUT2D eigenvalue weighted by atomic mass is 15.0. The molecule has 1 rings (SSSR count). The van der Waals surface area contributed by atoms with Gasteiger partial charge in [-0.2, -0.15) is 0 Å². The molecule has 0 aliphatic rings. The van der Waals surface area contributed by atoms with Gasteiger partial charge in [-0.25, -0.2) is 0 Å². The molecule has 0 heterocycles. The third-order valence-electron chi connectivity index (χ3n) is 3.10. The smallest absolute Gasteiger partial charge is 0.0210 e. The molecule has 0 fully saturated rings. The van der Waals surface area contributed by atoms with Crippen LogP contribution in [0.1, 0.15) is 44.7 Å². The van der Waals surface area contributed by atoms with Crippen LogP contribution in [0, 0.1) is 0 Å². The van der Waals surface area contributed by atoms with Crippen LogP contribution in [0.5, 0.6) is 0 Å². The summed E-state index contributed by atoms with van der Waals surface area (Å²) in [6, 6.07) is 8.90. The number of aryl methyl sites for hydroxylation is 1. The van der Waals surface area contributed by atoms with Crippen molar-refractivity contribution in [1.82, 2.24) is 5.32 Å². The Kier molecular flexibility index (Phi) is 5.66. The summed E-state index contributed by atoms with van der Waals surface area (Å²) >= 11 is 0. The Labute approximate surface area is 106 Å². The van der Waals surface area contributed by atoms with Crippen molar-refractivity contribution in [3.05, 3.63) is 35.4 Å². The fourth-order valence-corrected chi connectivity index (χ4v) is 1.90. The lowest BCUT2D eigenvalue weighted by atomic mass is 10.00. The van der Waals surface area contributed by atoms with E-state index in [9.17, 15) is 0 Å². The Morgan fingerprint density at radius 2 is 1.71 bits per heavy atom. The molecule has 2 heteroatoms. The molecule has 0 aromatic heterocycles. The molecule has 2 nitrogen and oxygen atoms in total. The molecule has 1 aromatic rings. The summed E-state index contributed by atoms with van der Waals surface area (Å²) in [5.74, 6) is 0. The predicted molar refractivity (Wildman–Crippen MR) is 75.0 cm³/mol. The zero-order chi connectivity index (χ0) is 12.7. The third kappa shape index (κ3) is 5.33. The van der Waals surface area contributed by atoms with E-state index in [0.717, 1.165) is 19.5 Å². The maximum Gasteiger partial charge on any atom is 0.0210 e. The minimum absolute atomic E-state index is 0.122. The largest absolute Gasteiger partial charge is 0.330 e. The first-order valence-electron chi connectivity index (χ1n) is 6.60. The predicted octanol–water partition coefficient (Wildman–Crippen LogP) is 2.86. The van der Waals surface area contributed by atoms with E-state index in [1.54, 1.807) is 0 Å². The maximum absolute atomic E-state index is 5.60. The molecule has 0 aliphatic carbocycles. The van der Waals surface area contributed by atoms with Crippen LogP contribution >= 0.6 is 0 Å². The minimum atomic E-state index is 0.122. The highest BCUT2D eigenvalue weighted by Gasteiger charge is 2.14. The standard InChI is InChI=1S/C15H26N2/c1-4-5-13-6-8-14(9-7-13)12-17-15(2,3)10-11-16/h6-9,17H,4-5,10-12,16H2,1-3H3. The molecule has 0 saturated heterocycles. The average Bonchev–Trinajstić information content (AvgIpc) is 2.29. The average molecular weight is 234 g/mol. The van der Waals surface area contributed by atoms with Gasteiger partial charge in [-0.05, 0) is 44.4 Å². The van der Waals surface area contributed by atoms with Crippen LogP contribution in [0.3, 0.4) is 0 Å². The van der Waals surface area contributed by atoms with E-state index < -0.39 is 0 Å². The molecule has 0 bridgehead atoms. The SMILES string of the molecule is CCCc1ccc(CNC(C)(C)CCN)cc1. The van der Waals surface area contributed by atoms with Gasteiger partial charge in [-0.1, -0.05) is 37.6 Å². The van der Waals surface area contributed by atoms with E-state index in [2.05, 4.69) is 50.4 Å². The van der Waals surface area contributed by atoms with Crippen LogP contribution in [0.4, 0.5) is 0 Å². The fourth-order valence-electron chi connectivity index (χ4n) is 1.90. The second-order valence-electron chi connectivity index (χ2n) is 5.34. The maximum atomic E-state index is 5.60. The van der Waals surface area contributed by atoms with Gasteiger partial charge in [0.1, 0.15) is 0 Å². The van der Waals surface area contributed by atoms with Gasteiger partial charge >= 0.3 is 0 Å².